The van der Waals surface area contributed by atoms with Gasteiger partial charge >= 0.3 is 5.97 Å². The van der Waals surface area contributed by atoms with Gasteiger partial charge in [0, 0.05) is 24.3 Å². The van der Waals surface area contributed by atoms with E-state index in [1.54, 1.807) is 24.6 Å². The van der Waals surface area contributed by atoms with Crippen molar-refractivity contribution in [1.29, 1.82) is 0 Å². The number of carbonyl (C=O) groups is 2. The Labute approximate surface area is 175 Å². The number of nitrogens with zero attached hydrogens (tertiary/aromatic N) is 2. The van der Waals surface area contributed by atoms with Gasteiger partial charge in [-0.15, -0.1) is 0 Å². The SMILES string of the molecule is Cc1nc(S(=O)(=O)NCCC(=O)OC(C)C(=O)Nc2ccc(Br)cc2F)cn1C. The van der Waals surface area contributed by atoms with Gasteiger partial charge in [-0.25, -0.2) is 22.5 Å². The van der Waals surface area contributed by atoms with Crippen LogP contribution in [-0.4, -0.2) is 42.5 Å². The summed E-state index contributed by atoms with van der Waals surface area (Å²) in [4.78, 5) is 27.8. The molecular weight excluding hydrogens is 471 g/mol. The number of halogens is 2. The smallest absolute Gasteiger partial charge is 0.307 e. The number of sulfonamides is 1. The standard InChI is InChI=1S/C17H20BrFN4O5S/c1-10(17(25)22-14-5-4-12(18)8-13(14)19)28-16(24)6-7-20-29(26,27)15-9-23(3)11(2)21-15/h4-5,8-10,20H,6-7H2,1-3H3,(H,22,25). The first kappa shape index (κ1) is 23.0. The van der Waals surface area contributed by atoms with Gasteiger partial charge in [-0.1, -0.05) is 15.9 Å². The minimum absolute atomic E-state index is 0.0560. The number of hydrogen-bond donors (Lipinski definition) is 2. The molecule has 0 spiro atoms. The Hall–Kier alpha value is -2.31. The van der Waals surface area contributed by atoms with E-state index < -0.39 is 33.8 Å². The number of esters is 1. The second-order valence-electron chi connectivity index (χ2n) is 6.13. The van der Waals surface area contributed by atoms with Crippen LogP contribution in [0.4, 0.5) is 10.1 Å². The summed E-state index contributed by atoms with van der Waals surface area (Å²) >= 11 is 3.11. The number of nitrogens with one attached hydrogen (secondary N) is 2. The van der Waals surface area contributed by atoms with Crippen LogP contribution in [0.3, 0.4) is 0 Å². The lowest BCUT2D eigenvalue weighted by atomic mass is 10.3. The fourth-order valence-electron chi connectivity index (χ4n) is 2.15. The molecule has 2 aromatic rings. The topological polar surface area (TPSA) is 119 Å². The van der Waals surface area contributed by atoms with Crippen LogP contribution in [0.2, 0.25) is 0 Å². The number of ether oxygens (including phenoxy) is 1. The van der Waals surface area contributed by atoms with Gasteiger partial charge in [0.2, 0.25) is 0 Å². The molecule has 1 aromatic heterocycles. The zero-order chi connectivity index (χ0) is 21.8. The van der Waals surface area contributed by atoms with Gasteiger partial charge in [-0.3, -0.25) is 9.59 Å². The molecule has 0 fully saturated rings. The Morgan fingerprint density at radius 2 is 2.07 bits per heavy atom. The lowest BCUT2D eigenvalue weighted by Gasteiger charge is -2.14. The highest BCUT2D eigenvalue weighted by molar-refractivity contribution is 9.10. The molecule has 1 unspecified atom stereocenters. The highest BCUT2D eigenvalue weighted by Crippen LogP contribution is 2.19. The van der Waals surface area contributed by atoms with Crippen LogP contribution in [0.5, 0.6) is 0 Å². The molecule has 0 radical (unpaired) electrons. The third-order valence-electron chi connectivity index (χ3n) is 3.85. The van der Waals surface area contributed by atoms with Crippen LogP contribution in [-0.2, 0) is 31.4 Å². The maximum atomic E-state index is 13.8. The first-order chi connectivity index (χ1) is 13.5. The van der Waals surface area contributed by atoms with Crippen LogP contribution in [0.15, 0.2) is 33.9 Å². The summed E-state index contributed by atoms with van der Waals surface area (Å²) in [7, 11) is -2.21. The molecule has 2 rings (SSSR count). The molecule has 0 aliphatic carbocycles. The Bertz CT molecular complexity index is 1010. The van der Waals surface area contributed by atoms with Crippen LogP contribution in [0.25, 0.3) is 0 Å². The van der Waals surface area contributed by atoms with E-state index in [1.807, 2.05) is 0 Å². The molecular formula is C17H20BrFN4O5S. The molecule has 0 saturated heterocycles. The van der Waals surface area contributed by atoms with Crippen molar-refractivity contribution < 1.29 is 27.1 Å². The predicted molar refractivity (Wildman–Crippen MR) is 106 cm³/mol. The molecule has 0 saturated carbocycles. The summed E-state index contributed by atoms with van der Waals surface area (Å²) in [5.74, 6) is -1.63. The van der Waals surface area contributed by atoms with E-state index in [0.29, 0.717) is 10.3 Å². The Morgan fingerprint density at radius 3 is 2.66 bits per heavy atom. The number of hydrogen-bond acceptors (Lipinski definition) is 6. The van der Waals surface area contributed by atoms with Crippen LogP contribution in [0.1, 0.15) is 19.2 Å². The average molecular weight is 491 g/mol. The number of carbonyl (C=O) groups excluding carboxylic acids is 2. The molecule has 158 valence electrons. The average Bonchev–Trinajstić information content (AvgIpc) is 2.97. The van der Waals surface area contributed by atoms with Crippen molar-refractivity contribution in [2.75, 3.05) is 11.9 Å². The first-order valence-electron chi connectivity index (χ1n) is 8.44. The van der Waals surface area contributed by atoms with Gasteiger partial charge in [0.05, 0.1) is 12.1 Å². The fraction of sp³-hybridized carbons (Fsp3) is 0.353. The molecule has 29 heavy (non-hydrogen) atoms. The van der Waals surface area contributed by atoms with Gasteiger partial charge in [0.25, 0.3) is 15.9 Å². The van der Waals surface area contributed by atoms with Gasteiger partial charge < -0.3 is 14.6 Å². The van der Waals surface area contributed by atoms with E-state index in [0.717, 1.165) is 0 Å². The quantitative estimate of drug-likeness (QED) is 0.545. The molecule has 0 aliphatic heterocycles. The van der Waals surface area contributed by atoms with Crippen molar-refractivity contribution in [2.45, 2.75) is 31.4 Å². The number of benzene rings is 1. The Morgan fingerprint density at radius 1 is 1.38 bits per heavy atom. The number of anilines is 1. The van der Waals surface area contributed by atoms with E-state index in [9.17, 15) is 22.4 Å². The van der Waals surface area contributed by atoms with Gasteiger partial charge in [0.1, 0.15) is 11.6 Å². The zero-order valence-electron chi connectivity index (χ0n) is 15.9. The van der Waals surface area contributed by atoms with Crippen molar-refractivity contribution in [3.8, 4) is 0 Å². The van der Waals surface area contributed by atoms with Crippen molar-refractivity contribution in [3.05, 3.63) is 40.5 Å². The monoisotopic (exact) mass is 490 g/mol. The number of amides is 1. The fourth-order valence-corrected chi connectivity index (χ4v) is 3.55. The molecule has 0 bridgehead atoms. The van der Waals surface area contributed by atoms with Crippen molar-refractivity contribution in [3.63, 3.8) is 0 Å². The van der Waals surface area contributed by atoms with E-state index in [1.165, 1.54) is 25.3 Å². The second kappa shape index (κ2) is 9.46. The number of imidazole rings is 1. The van der Waals surface area contributed by atoms with Crippen LogP contribution < -0.4 is 10.0 Å². The van der Waals surface area contributed by atoms with Crippen molar-refractivity contribution in [2.24, 2.45) is 7.05 Å². The minimum atomic E-state index is -3.87. The maximum absolute atomic E-state index is 13.8. The molecule has 1 atom stereocenters. The van der Waals surface area contributed by atoms with E-state index in [4.69, 9.17) is 4.74 Å². The highest BCUT2D eigenvalue weighted by atomic mass is 79.9. The molecule has 2 N–H and O–H groups in total. The molecule has 12 heteroatoms. The molecule has 1 aromatic carbocycles. The van der Waals surface area contributed by atoms with Gasteiger partial charge in [-0.2, -0.15) is 0 Å². The Balaban J connectivity index is 1.82. The van der Waals surface area contributed by atoms with Crippen molar-refractivity contribution >= 4 is 43.5 Å². The third kappa shape index (κ3) is 6.34. The summed E-state index contributed by atoms with van der Waals surface area (Å²) < 4.78 is 47.3. The second-order valence-corrected chi connectivity index (χ2v) is 8.76. The molecule has 0 aliphatic rings. The minimum Gasteiger partial charge on any atom is -0.452 e. The highest BCUT2D eigenvalue weighted by Gasteiger charge is 2.21. The summed E-state index contributed by atoms with van der Waals surface area (Å²) in [6, 6.07) is 4.09. The normalized spacial score (nSPS) is 12.4. The van der Waals surface area contributed by atoms with Gasteiger partial charge in [-0.05, 0) is 32.0 Å². The van der Waals surface area contributed by atoms with Crippen LogP contribution in [0, 0.1) is 12.7 Å². The third-order valence-corrected chi connectivity index (χ3v) is 5.67. The predicted octanol–water partition coefficient (Wildman–Crippen LogP) is 1.87. The maximum Gasteiger partial charge on any atom is 0.307 e. The lowest BCUT2D eigenvalue weighted by Crippen LogP contribution is -2.32. The number of aromatic nitrogens is 2. The molecule has 1 amide bonds. The van der Waals surface area contributed by atoms with Crippen molar-refractivity contribution in [1.82, 2.24) is 14.3 Å². The van der Waals surface area contributed by atoms with Crippen LogP contribution >= 0.6 is 15.9 Å². The number of aryl methyl sites for hydroxylation is 2. The Kier molecular flexibility index (Phi) is 7.49. The van der Waals surface area contributed by atoms with E-state index in [-0.39, 0.29) is 23.7 Å². The largest absolute Gasteiger partial charge is 0.452 e. The molecule has 1 heterocycles. The lowest BCUT2D eigenvalue weighted by molar-refractivity contribution is -0.152. The van der Waals surface area contributed by atoms with E-state index >= 15 is 0 Å². The zero-order valence-corrected chi connectivity index (χ0v) is 18.3. The summed E-state index contributed by atoms with van der Waals surface area (Å²) in [5.41, 5.74) is -0.0560. The van der Waals surface area contributed by atoms with E-state index in [2.05, 4.69) is 31.0 Å². The van der Waals surface area contributed by atoms with Gasteiger partial charge in [0.15, 0.2) is 11.1 Å². The molecule has 9 nitrogen and oxygen atoms in total. The summed E-state index contributed by atoms with van der Waals surface area (Å²) in [6.07, 6.45) is -0.139. The summed E-state index contributed by atoms with van der Waals surface area (Å²) in [6.45, 7) is 2.75. The number of rotatable bonds is 8. The first-order valence-corrected chi connectivity index (χ1v) is 10.7. The summed E-state index contributed by atoms with van der Waals surface area (Å²) in [5, 5.41) is 2.16.